The first-order chi connectivity index (χ1) is 12.0. The molecule has 1 saturated heterocycles. The van der Waals surface area contributed by atoms with Crippen LogP contribution in [0.5, 0.6) is 0 Å². The molecule has 0 saturated carbocycles. The summed E-state index contributed by atoms with van der Waals surface area (Å²) in [4.78, 5) is 23.2. The number of aliphatic imine (C=N–C) groups is 1. The molecule has 0 radical (unpaired) electrons. The van der Waals surface area contributed by atoms with E-state index in [1.807, 2.05) is 25.7 Å². The quantitative estimate of drug-likeness (QED) is 0.374. The van der Waals surface area contributed by atoms with Gasteiger partial charge in [-0.3, -0.25) is 4.79 Å². The normalized spacial score (nSPS) is 17.6. The number of piperidine rings is 1. The van der Waals surface area contributed by atoms with Crippen LogP contribution in [0.15, 0.2) is 9.41 Å². The molecule has 148 valence electrons. The molecule has 1 aliphatic rings. The molecule has 1 atom stereocenters. The van der Waals surface area contributed by atoms with Crippen LogP contribution in [0.3, 0.4) is 0 Å². The van der Waals surface area contributed by atoms with E-state index in [2.05, 4.69) is 27.5 Å². The number of hydrogen-bond acceptors (Lipinski definition) is 4. The first-order valence-corrected chi connectivity index (χ1v) is 9.25. The monoisotopic (exact) mass is 477 g/mol. The third-order valence-corrected chi connectivity index (χ3v) is 4.54. The van der Waals surface area contributed by atoms with E-state index >= 15 is 0 Å². The second kappa shape index (κ2) is 11.4. The van der Waals surface area contributed by atoms with Crippen molar-refractivity contribution in [1.82, 2.24) is 20.5 Å². The molecular formula is C18H32IN5O2. The van der Waals surface area contributed by atoms with Crippen LogP contribution in [-0.2, 0) is 11.3 Å². The van der Waals surface area contributed by atoms with Crippen LogP contribution in [0.1, 0.15) is 56.9 Å². The zero-order chi connectivity index (χ0) is 18.2. The van der Waals surface area contributed by atoms with Crippen LogP contribution in [-0.4, -0.2) is 47.4 Å². The number of guanidine groups is 1. The van der Waals surface area contributed by atoms with Crippen LogP contribution in [0, 0.1) is 13.8 Å². The highest BCUT2D eigenvalue weighted by Gasteiger charge is 2.22. The van der Waals surface area contributed by atoms with Crippen molar-refractivity contribution in [3.05, 3.63) is 17.3 Å². The highest BCUT2D eigenvalue weighted by atomic mass is 127. The second-order valence-electron chi connectivity index (χ2n) is 6.55. The Kier molecular flexibility index (Phi) is 9.97. The Hall–Kier alpha value is -1.32. The largest absolute Gasteiger partial charge is 0.444 e. The van der Waals surface area contributed by atoms with Gasteiger partial charge in [-0.05, 0) is 47.0 Å². The summed E-state index contributed by atoms with van der Waals surface area (Å²) in [6, 6.07) is 0.361. The Morgan fingerprint density at radius 3 is 2.73 bits per heavy atom. The molecule has 0 aromatic carbocycles. The molecule has 1 unspecified atom stereocenters. The number of nitrogens with one attached hydrogen (secondary N) is 2. The van der Waals surface area contributed by atoms with Crippen molar-refractivity contribution in [2.24, 2.45) is 4.99 Å². The first kappa shape index (κ1) is 22.7. The SMILES string of the molecule is CCNC(=NCc1nc(C)c(C)o1)NCCC(=O)N1CCCCC1C.I. The van der Waals surface area contributed by atoms with Crippen LogP contribution < -0.4 is 10.6 Å². The summed E-state index contributed by atoms with van der Waals surface area (Å²) >= 11 is 0. The van der Waals surface area contributed by atoms with Gasteiger partial charge in [0.25, 0.3) is 0 Å². The number of rotatable bonds is 6. The summed E-state index contributed by atoms with van der Waals surface area (Å²) in [6.07, 6.45) is 3.92. The predicted molar refractivity (Wildman–Crippen MR) is 114 cm³/mol. The van der Waals surface area contributed by atoms with Gasteiger partial charge >= 0.3 is 0 Å². The number of nitrogens with zero attached hydrogens (tertiary/aromatic N) is 3. The summed E-state index contributed by atoms with van der Waals surface area (Å²) in [5.74, 6) is 2.32. The average Bonchev–Trinajstić information content (AvgIpc) is 2.91. The molecule has 0 bridgehead atoms. The van der Waals surface area contributed by atoms with Crippen molar-refractivity contribution in [1.29, 1.82) is 0 Å². The predicted octanol–water partition coefficient (Wildman–Crippen LogP) is 2.76. The maximum Gasteiger partial charge on any atom is 0.224 e. The van der Waals surface area contributed by atoms with Gasteiger partial charge in [0.1, 0.15) is 12.3 Å². The summed E-state index contributed by atoms with van der Waals surface area (Å²) < 4.78 is 5.54. The maximum atomic E-state index is 12.4. The van der Waals surface area contributed by atoms with Gasteiger partial charge in [0.15, 0.2) is 5.96 Å². The molecule has 1 amide bonds. The number of halogens is 1. The van der Waals surface area contributed by atoms with Gasteiger partial charge in [-0.2, -0.15) is 0 Å². The summed E-state index contributed by atoms with van der Waals surface area (Å²) in [5.41, 5.74) is 0.893. The smallest absolute Gasteiger partial charge is 0.224 e. The summed E-state index contributed by atoms with van der Waals surface area (Å²) in [5, 5.41) is 6.40. The Bertz CT molecular complexity index is 583. The van der Waals surface area contributed by atoms with Crippen molar-refractivity contribution >= 4 is 35.8 Å². The Labute approximate surface area is 173 Å². The molecule has 1 aliphatic heterocycles. The van der Waals surface area contributed by atoms with E-state index in [-0.39, 0.29) is 29.9 Å². The fourth-order valence-corrected chi connectivity index (χ4v) is 3.00. The van der Waals surface area contributed by atoms with E-state index in [4.69, 9.17) is 4.42 Å². The molecule has 2 N–H and O–H groups in total. The van der Waals surface area contributed by atoms with Crippen LogP contribution in [0.4, 0.5) is 0 Å². The number of aromatic nitrogens is 1. The van der Waals surface area contributed by atoms with Gasteiger partial charge in [0.2, 0.25) is 11.8 Å². The van der Waals surface area contributed by atoms with Gasteiger partial charge < -0.3 is 20.0 Å². The number of carbonyl (C=O) groups is 1. The lowest BCUT2D eigenvalue weighted by Crippen LogP contribution is -2.44. The van der Waals surface area contributed by atoms with Crippen LogP contribution >= 0.6 is 24.0 Å². The molecule has 1 aromatic heterocycles. The highest BCUT2D eigenvalue weighted by molar-refractivity contribution is 14.0. The second-order valence-corrected chi connectivity index (χ2v) is 6.55. The molecule has 8 heteroatoms. The van der Waals surface area contributed by atoms with Gasteiger partial charge in [-0.15, -0.1) is 24.0 Å². The van der Waals surface area contributed by atoms with E-state index in [0.29, 0.717) is 37.4 Å². The van der Waals surface area contributed by atoms with Gasteiger partial charge in [-0.25, -0.2) is 9.98 Å². The number of hydrogen-bond donors (Lipinski definition) is 2. The number of amides is 1. The summed E-state index contributed by atoms with van der Waals surface area (Å²) in [7, 11) is 0. The minimum absolute atomic E-state index is 0. The lowest BCUT2D eigenvalue weighted by atomic mass is 10.0. The lowest BCUT2D eigenvalue weighted by Gasteiger charge is -2.33. The topological polar surface area (TPSA) is 82.8 Å². The molecular weight excluding hydrogens is 445 g/mol. The van der Waals surface area contributed by atoms with Crippen LogP contribution in [0.25, 0.3) is 0 Å². The maximum absolute atomic E-state index is 12.4. The van der Waals surface area contributed by atoms with Crippen molar-refractivity contribution < 1.29 is 9.21 Å². The fraction of sp³-hybridized carbons (Fsp3) is 0.722. The summed E-state index contributed by atoms with van der Waals surface area (Å²) in [6.45, 7) is 10.5. The molecule has 1 fully saturated rings. The lowest BCUT2D eigenvalue weighted by molar-refractivity contribution is -0.134. The van der Waals surface area contributed by atoms with E-state index in [9.17, 15) is 4.79 Å². The van der Waals surface area contributed by atoms with Gasteiger partial charge in [0, 0.05) is 32.1 Å². The molecule has 2 rings (SSSR count). The van der Waals surface area contributed by atoms with E-state index in [1.165, 1.54) is 6.42 Å². The van der Waals surface area contributed by atoms with E-state index < -0.39 is 0 Å². The third kappa shape index (κ3) is 6.77. The Morgan fingerprint density at radius 1 is 1.35 bits per heavy atom. The van der Waals surface area contributed by atoms with Gasteiger partial charge in [-0.1, -0.05) is 0 Å². The zero-order valence-electron chi connectivity index (χ0n) is 16.3. The number of likely N-dealkylation sites (tertiary alicyclic amines) is 1. The third-order valence-electron chi connectivity index (χ3n) is 4.54. The minimum atomic E-state index is 0. The molecule has 0 spiro atoms. The van der Waals surface area contributed by atoms with E-state index in [1.54, 1.807) is 0 Å². The highest BCUT2D eigenvalue weighted by Crippen LogP contribution is 2.17. The number of aryl methyl sites for hydroxylation is 2. The van der Waals surface area contributed by atoms with Crippen molar-refractivity contribution in [3.8, 4) is 0 Å². The first-order valence-electron chi connectivity index (χ1n) is 9.25. The molecule has 2 heterocycles. The molecule has 26 heavy (non-hydrogen) atoms. The minimum Gasteiger partial charge on any atom is -0.444 e. The Balaban J connectivity index is 0.00000338. The molecule has 0 aliphatic carbocycles. The van der Waals surface area contributed by atoms with E-state index in [0.717, 1.165) is 37.4 Å². The van der Waals surface area contributed by atoms with Crippen LogP contribution in [0.2, 0.25) is 0 Å². The van der Waals surface area contributed by atoms with Gasteiger partial charge in [0.05, 0.1) is 5.69 Å². The van der Waals surface area contributed by atoms with Crippen molar-refractivity contribution in [2.75, 3.05) is 19.6 Å². The zero-order valence-corrected chi connectivity index (χ0v) is 18.6. The molecule has 7 nitrogen and oxygen atoms in total. The standard InChI is InChI=1S/C18H31N5O2.HI/c1-5-19-18(21-12-16-22-14(3)15(4)25-16)20-10-9-17(24)23-11-7-6-8-13(23)2;/h13H,5-12H2,1-4H3,(H2,19,20,21);1H. The van der Waals surface area contributed by atoms with Crippen molar-refractivity contribution in [2.45, 2.75) is 66.0 Å². The Morgan fingerprint density at radius 2 is 2.12 bits per heavy atom. The number of oxazole rings is 1. The number of carbonyl (C=O) groups excluding carboxylic acids is 1. The van der Waals surface area contributed by atoms with Crippen molar-refractivity contribution in [3.63, 3.8) is 0 Å². The fourth-order valence-electron chi connectivity index (χ4n) is 3.00. The molecule has 1 aromatic rings. The average molecular weight is 477 g/mol.